The van der Waals surface area contributed by atoms with E-state index in [1.54, 1.807) is 0 Å². The summed E-state index contributed by atoms with van der Waals surface area (Å²) in [7, 11) is 0. The summed E-state index contributed by atoms with van der Waals surface area (Å²) in [6.45, 7) is 9.25. The molecule has 0 aliphatic heterocycles. The second kappa shape index (κ2) is 9.46. The van der Waals surface area contributed by atoms with E-state index in [2.05, 4.69) is 47.9 Å². The van der Waals surface area contributed by atoms with Crippen molar-refractivity contribution in [1.29, 1.82) is 0 Å². The van der Waals surface area contributed by atoms with Gasteiger partial charge in [-0.3, -0.25) is 4.90 Å². The molecule has 0 fully saturated rings. The first-order valence-corrected chi connectivity index (χ1v) is 8.00. The molecule has 0 aliphatic rings. The van der Waals surface area contributed by atoms with Gasteiger partial charge in [0.1, 0.15) is 0 Å². The van der Waals surface area contributed by atoms with Crippen LogP contribution in [0.5, 0.6) is 0 Å². The predicted octanol–water partition coefficient (Wildman–Crippen LogP) is 3.81. The molecule has 4 heteroatoms. The van der Waals surface area contributed by atoms with E-state index >= 15 is 0 Å². The van der Waals surface area contributed by atoms with E-state index in [1.165, 1.54) is 11.3 Å². The first-order valence-electron chi connectivity index (χ1n) is 6.93. The molecule has 1 aromatic rings. The van der Waals surface area contributed by atoms with Crippen LogP contribution in [0, 0.1) is 0 Å². The van der Waals surface area contributed by atoms with E-state index in [9.17, 15) is 0 Å². The molecule has 2 nitrogen and oxygen atoms in total. The van der Waals surface area contributed by atoms with E-state index in [0.29, 0.717) is 11.8 Å². The zero-order valence-electron chi connectivity index (χ0n) is 11.9. The molecule has 0 saturated heterocycles. The molecule has 19 heavy (non-hydrogen) atoms. The molecule has 0 saturated carbocycles. The van der Waals surface area contributed by atoms with Gasteiger partial charge in [-0.25, -0.2) is 0 Å². The fourth-order valence-electron chi connectivity index (χ4n) is 2.09. The van der Waals surface area contributed by atoms with Crippen molar-refractivity contribution in [3.05, 3.63) is 29.8 Å². The number of hydrogen-bond donors (Lipinski definition) is 0. The fraction of sp³-hybridized carbons (Fsp3) is 0.600. The fourth-order valence-corrected chi connectivity index (χ4v) is 2.50. The molecule has 0 bridgehead atoms. The molecule has 0 aromatic heterocycles. The van der Waals surface area contributed by atoms with Crippen LogP contribution in [-0.4, -0.2) is 42.8 Å². The number of rotatable bonds is 9. The number of alkyl halides is 2. The van der Waals surface area contributed by atoms with Gasteiger partial charge in [-0.2, -0.15) is 0 Å². The van der Waals surface area contributed by atoms with Gasteiger partial charge in [0.05, 0.1) is 0 Å². The number of anilines is 1. The van der Waals surface area contributed by atoms with Crippen molar-refractivity contribution < 1.29 is 0 Å². The smallest absolute Gasteiger partial charge is 0.0399 e. The minimum absolute atomic E-state index is 0.623. The Balaban J connectivity index is 2.68. The van der Waals surface area contributed by atoms with Crippen molar-refractivity contribution in [2.75, 3.05) is 42.8 Å². The lowest BCUT2D eigenvalue weighted by atomic mass is 10.2. The molecule has 0 N–H and O–H groups in total. The average molecular weight is 303 g/mol. The molecule has 0 heterocycles. The number of hydrogen-bond acceptors (Lipinski definition) is 2. The molecule has 1 rings (SSSR count). The van der Waals surface area contributed by atoms with Crippen LogP contribution >= 0.6 is 23.2 Å². The van der Waals surface area contributed by atoms with Crippen molar-refractivity contribution in [2.24, 2.45) is 0 Å². The highest BCUT2D eigenvalue weighted by Crippen LogP contribution is 2.16. The lowest BCUT2D eigenvalue weighted by molar-refractivity contribution is 0.296. The minimum Gasteiger partial charge on any atom is -0.369 e. The Hall–Kier alpha value is -0.440. The molecule has 0 aliphatic carbocycles. The van der Waals surface area contributed by atoms with E-state index in [0.717, 1.165) is 32.7 Å². The third-order valence-electron chi connectivity index (χ3n) is 3.31. The summed E-state index contributed by atoms with van der Waals surface area (Å²) >= 11 is 11.7. The number of nitrogens with zero attached hydrogens (tertiary/aromatic N) is 2. The monoisotopic (exact) mass is 302 g/mol. The van der Waals surface area contributed by atoms with Crippen LogP contribution in [0.15, 0.2) is 24.3 Å². The Morgan fingerprint density at radius 3 is 1.84 bits per heavy atom. The molecular weight excluding hydrogens is 279 g/mol. The van der Waals surface area contributed by atoms with Crippen LogP contribution in [0.4, 0.5) is 5.69 Å². The molecule has 1 aromatic carbocycles. The third kappa shape index (κ3) is 5.60. The summed E-state index contributed by atoms with van der Waals surface area (Å²) in [6.07, 6.45) is 0. The van der Waals surface area contributed by atoms with Gasteiger partial charge in [-0.15, -0.1) is 23.2 Å². The third-order valence-corrected chi connectivity index (χ3v) is 3.65. The van der Waals surface area contributed by atoms with Crippen LogP contribution in [0.3, 0.4) is 0 Å². The normalized spacial score (nSPS) is 11.0. The van der Waals surface area contributed by atoms with Gasteiger partial charge in [0.2, 0.25) is 0 Å². The van der Waals surface area contributed by atoms with Crippen LogP contribution < -0.4 is 4.90 Å². The molecule has 0 atom stereocenters. The maximum atomic E-state index is 5.83. The van der Waals surface area contributed by atoms with Gasteiger partial charge < -0.3 is 4.90 Å². The molecule has 0 unspecified atom stereocenters. The summed E-state index contributed by atoms with van der Waals surface area (Å²) in [5.41, 5.74) is 2.55. The lowest BCUT2D eigenvalue weighted by Gasteiger charge is -2.23. The second-order valence-corrected chi connectivity index (χ2v) is 5.25. The number of benzene rings is 1. The van der Waals surface area contributed by atoms with Gasteiger partial charge in [-0.05, 0) is 30.8 Å². The minimum atomic E-state index is 0.623. The van der Waals surface area contributed by atoms with Crippen molar-refractivity contribution in [2.45, 2.75) is 20.4 Å². The Morgan fingerprint density at radius 1 is 0.895 bits per heavy atom. The van der Waals surface area contributed by atoms with Gasteiger partial charge in [0.15, 0.2) is 0 Å². The first kappa shape index (κ1) is 16.6. The van der Waals surface area contributed by atoms with E-state index < -0.39 is 0 Å². The summed E-state index contributed by atoms with van der Waals surface area (Å²) < 4.78 is 0. The summed E-state index contributed by atoms with van der Waals surface area (Å²) in [4.78, 5) is 4.63. The lowest BCUT2D eigenvalue weighted by Crippen LogP contribution is -2.27. The highest BCUT2D eigenvalue weighted by Gasteiger charge is 2.06. The Kier molecular flexibility index (Phi) is 8.27. The largest absolute Gasteiger partial charge is 0.369 e. The van der Waals surface area contributed by atoms with Gasteiger partial charge in [0.25, 0.3) is 0 Å². The molecule has 0 spiro atoms. The molecular formula is C15H24Cl2N2. The predicted molar refractivity (Wildman–Crippen MR) is 86.7 cm³/mol. The second-order valence-electron chi connectivity index (χ2n) is 4.49. The van der Waals surface area contributed by atoms with Gasteiger partial charge >= 0.3 is 0 Å². The Labute approximate surface area is 127 Å². The SMILES string of the molecule is CCN(CC)Cc1ccc(N(CCCl)CCCl)cc1. The van der Waals surface area contributed by atoms with Crippen molar-refractivity contribution in [3.8, 4) is 0 Å². The summed E-state index contributed by atoms with van der Waals surface area (Å²) in [5, 5.41) is 0. The Bertz CT molecular complexity index is 331. The molecule has 108 valence electrons. The standard InChI is InChI=1S/C15H24Cl2N2/c1-3-18(4-2)13-14-5-7-15(8-6-14)19(11-9-16)12-10-17/h5-8H,3-4,9-13H2,1-2H3. The van der Waals surface area contributed by atoms with E-state index in [1.807, 2.05) is 0 Å². The maximum Gasteiger partial charge on any atom is 0.0399 e. The van der Waals surface area contributed by atoms with Crippen LogP contribution in [0.25, 0.3) is 0 Å². The average Bonchev–Trinajstić information content (AvgIpc) is 2.45. The number of halogens is 2. The summed E-state index contributed by atoms with van der Waals surface area (Å²) in [6, 6.07) is 8.72. The zero-order chi connectivity index (χ0) is 14.1. The highest BCUT2D eigenvalue weighted by molar-refractivity contribution is 6.18. The quantitative estimate of drug-likeness (QED) is 0.640. The molecule has 0 radical (unpaired) electrons. The maximum absolute atomic E-state index is 5.83. The summed E-state index contributed by atoms with van der Waals surface area (Å²) in [5.74, 6) is 1.25. The van der Waals surface area contributed by atoms with E-state index in [4.69, 9.17) is 23.2 Å². The zero-order valence-corrected chi connectivity index (χ0v) is 13.4. The highest BCUT2D eigenvalue weighted by atomic mass is 35.5. The van der Waals surface area contributed by atoms with Crippen LogP contribution in [0.1, 0.15) is 19.4 Å². The van der Waals surface area contributed by atoms with Crippen molar-refractivity contribution in [1.82, 2.24) is 4.90 Å². The molecule has 0 amide bonds. The van der Waals surface area contributed by atoms with E-state index in [-0.39, 0.29) is 0 Å². The van der Waals surface area contributed by atoms with Crippen molar-refractivity contribution in [3.63, 3.8) is 0 Å². The van der Waals surface area contributed by atoms with Gasteiger partial charge in [-0.1, -0.05) is 26.0 Å². The first-order chi connectivity index (χ1) is 9.24. The Morgan fingerprint density at radius 2 is 1.42 bits per heavy atom. The van der Waals surface area contributed by atoms with Crippen LogP contribution in [0.2, 0.25) is 0 Å². The van der Waals surface area contributed by atoms with Crippen LogP contribution in [-0.2, 0) is 6.54 Å². The van der Waals surface area contributed by atoms with Gasteiger partial charge in [0, 0.05) is 37.1 Å². The van der Waals surface area contributed by atoms with Crippen molar-refractivity contribution >= 4 is 28.9 Å². The topological polar surface area (TPSA) is 6.48 Å².